The van der Waals surface area contributed by atoms with Crippen LogP contribution in [0.3, 0.4) is 0 Å². The zero-order valence-corrected chi connectivity index (χ0v) is 17.2. The second-order valence-corrected chi connectivity index (χ2v) is 7.90. The molecule has 1 aliphatic heterocycles. The number of nitrogens with zero attached hydrogens (tertiary/aromatic N) is 2. The van der Waals surface area contributed by atoms with E-state index in [4.69, 9.17) is 21.3 Å². The summed E-state index contributed by atoms with van der Waals surface area (Å²) in [6.07, 6.45) is 3.43. The smallest absolute Gasteiger partial charge is 0.140 e. The third-order valence-electron chi connectivity index (χ3n) is 4.45. The van der Waals surface area contributed by atoms with E-state index in [-0.39, 0.29) is 0 Å². The van der Waals surface area contributed by atoms with Gasteiger partial charge in [-0.25, -0.2) is 0 Å². The van der Waals surface area contributed by atoms with Crippen molar-refractivity contribution in [2.75, 3.05) is 32.2 Å². The molecular weight excluding hydrogens is 366 g/mol. The fourth-order valence-electron chi connectivity index (χ4n) is 3.11. The lowest BCUT2D eigenvalue weighted by Crippen LogP contribution is -2.37. The number of halogens is 1. The molecule has 0 saturated heterocycles. The molecule has 2 heterocycles. The highest BCUT2D eigenvalue weighted by molar-refractivity contribution is 7.14. The van der Waals surface area contributed by atoms with Crippen molar-refractivity contribution in [3.8, 4) is 5.75 Å². The molecule has 6 heteroatoms. The van der Waals surface area contributed by atoms with Crippen LogP contribution in [0, 0.1) is 6.92 Å². The normalized spacial score (nSPS) is 15.1. The quantitative estimate of drug-likeness (QED) is 0.659. The predicted octanol–water partition coefficient (Wildman–Crippen LogP) is 5.19. The van der Waals surface area contributed by atoms with Gasteiger partial charge in [0.1, 0.15) is 23.2 Å². The zero-order chi connectivity index (χ0) is 18.5. The molecule has 0 amide bonds. The van der Waals surface area contributed by atoms with Crippen molar-refractivity contribution >= 4 is 33.8 Å². The molecule has 0 saturated carbocycles. The number of amidine groups is 1. The number of benzene rings is 1. The van der Waals surface area contributed by atoms with Gasteiger partial charge in [-0.2, -0.15) is 0 Å². The molecule has 0 radical (unpaired) electrons. The van der Waals surface area contributed by atoms with Gasteiger partial charge in [-0.1, -0.05) is 31.0 Å². The standard InChI is InChI=1S/C20H26ClN3OS/c1-4-5-6-15-11-14(2)18(17(21)12-15)25-9-8-22-19-16-7-10-26-20(16)23-13-24(19)3/h7,10-12,23H,4-6,8-9,13H2,1-3H3. The molecule has 0 unspecified atom stereocenters. The number of anilines is 1. The Balaban J connectivity index is 1.62. The largest absolute Gasteiger partial charge is 0.490 e. The minimum absolute atomic E-state index is 0.513. The Kier molecular flexibility index (Phi) is 6.43. The number of ether oxygens (including phenoxy) is 1. The molecule has 1 aliphatic rings. The van der Waals surface area contributed by atoms with Crippen LogP contribution >= 0.6 is 22.9 Å². The Hall–Kier alpha value is -1.72. The first kappa shape index (κ1) is 19.1. The van der Waals surface area contributed by atoms with Crippen molar-refractivity contribution < 1.29 is 4.74 Å². The van der Waals surface area contributed by atoms with Gasteiger partial charge in [-0.15, -0.1) is 11.3 Å². The van der Waals surface area contributed by atoms with Crippen molar-refractivity contribution in [2.24, 2.45) is 4.99 Å². The number of hydrogen-bond acceptors (Lipinski definition) is 4. The van der Waals surface area contributed by atoms with Crippen molar-refractivity contribution in [2.45, 2.75) is 33.1 Å². The van der Waals surface area contributed by atoms with Crippen LogP contribution in [-0.4, -0.2) is 37.6 Å². The van der Waals surface area contributed by atoms with Gasteiger partial charge in [0.25, 0.3) is 0 Å². The van der Waals surface area contributed by atoms with E-state index in [1.807, 2.05) is 13.1 Å². The summed E-state index contributed by atoms with van der Waals surface area (Å²) < 4.78 is 5.95. The molecule has 0 spiro atoms. The lowest BCUT2D eigenvalue weighted by Gasteiger charge is -2.27. The van der Waals surface area contributed by atoms with Crippen LogP contribution in [0.2, 0.25) is 5.02 Å². The van der Waals surface area contributed by atoms with E-state index in [0.717, 1.165) is 30.2 Å². The summed E-state index contributed by atoms with van der Waals surface area (Å²) >= 11 is 8.15. The number of rotatable bonds is 7. The molecule has 0 fully saturated rings. The van der Waals surface area contributed by atoms with E-state index in [2.05, 4.69) is 41.6 Å². The molecule has 1 N–H and O–H groups in total. The summed E-state index contributed by atoms with van der Waals surface area (Å²) in [5, 5.41) is 7.36. The molecule has 0 bridgehead atoms. The second-order valence-electron chi connectivity index (χ2n) is 6.58. The summed E-state index contributed by atoms with van der Waals surface area (Å²) in [7, 11) is 2.04. The van der Waals surface area contributed by atoms with E-state index in [1.54, 1.807) is 11.3 Å². The van der Waals surface area contributed by atoms with Crippen LogP contribution in [0.15, 0.2) is 28.6 Å². The van der Waals surface area contributed by atoms with Crippen molar-refractivity contribution in [1.29, 1.82) is 0 Å². The lowest BCUT2D eigenvalue weighted by molar-refractivity contribution is 0.326. The first-order chi connectivity index (χ1) is 12.6. The monoisotopic (exact) mass is 391 g/mol. The minimum atomic E-state index is 0.513. The highest BCUT2D eigenvalue weighted by atomic mass is 35.5. The first-order valence-corrected chi connectivity index (χ1v) is 10.3. The van der Waals surface area contributed by atoms with Gasteiger partial charge >= 0.3 is 0 Å². The Bertz CT molecular complexity index is 764. The van der Waals surface area contributed by atoms with E-state index in [1.165, 1.54) is 29.0 Å². The van der Waals surface area contributed by atoms with Crippen LogP contribution in [0.25, 0.3) is 0 Å². The molecule has 4 nitrogen and oxygen atoms in total. The highest BCUT2D eigenvalue weighted by Crippen LogP contribution is 2.31. The van der Waals surface area contributed by atoms with Crippen LogP contribution in [0.1, 0.15) is 36.5 Å². The number of thiophene rings is 1. The average Bonchev–Trinajstić information content (AvgIpc) is 3.09. The Morgan fingerprint density at radius 2 is 2.23 bits per heavy atom. The summed E-state index contributed by atoms with van der Waals surface area (Å²) in [4.78, 5) is 6.87. The number of hydrogen-bond donors (Lipinski definition) is 1. The van der Waals surface area contributed by atoms with Gasteiger partial charge in [0.15, 0.2) is 0 Å². The molecule has 1 aromatic heterocycles. The van der Waals surface area contributed by atoms with Gasteiger partial charge in [-0.05, 0) is 48.4 Å². The summed E-state index contributed by atoms with van der Waals surface area (Å²) in [6, 6.07) is 6.32. The van der Waals surface area contributed by atoms with Crippen molar-refractivity contribution in [3.05, 3.63) is 45.3 Å². The molecule has 2 aromatic rings. The SMILES string of the molecule is CCCCc1cc(C)c(OCCN=C2c3ccsc3NCN2C)c(Cl)c1. The lowest BCUT2D eigenvalue weighted by atomic mass is 10.1. The van der Waals surface area contributed by atoms with E-state index < -0.39 is 0 Å². The predicted molar refractivity (Wildman–Crippen MR) is 112 cm³/mol. The molecular formula is C20H26ClN3OS. The summed E-state index contributed by atoms with van der Waals surface area (Å²) in [5.41, 5.74) is 3.54. The number of aliphatic imine (C=N–C) groups is 1. The van der Waals surface area contributed by atoms with Gasteiger partial charge < -0.3 is 15.0 Å². The molecule has 0 aliphatic carbocycles. The topological polar surface area (TPSA) is 36.9 Å². The third-order valence-corrected chi connectivity index (χ3v) is 5.60. The van der Waals surface area contributed by atoms with Crippen molar-refractivity contribution in [3.63, 3.8) is 0 Å². The molecule has 140 valence electrons. The third kappa shape index (κ3) is 4.33. The molecule has 3 rings (SSSR count). The molecule has 0 atom stereocenters. The van der Waals surface area contributed by atoms with Crippen LogP contribution in [-0.2, 0) is 6.42 Å². The Labute approximate surface area is 164 Å². The van der Waals surface area contributed by atoms with Gasteiger partial charge in [0.2, 0.25) is 0 Å². The van der Waals surface area contributed by atoms with Crippen molar-refractivity contribution in [1.82, 2.24) is 4.90 Å². The van der Waals surface area contributed by atoms with Crippen LogP contribution in [0.4, 0.5) is 5.00 Å². The van der Waals surface area contributed by atoms with E-state index in [9.17, 15) is 0 Å². The molecule has 1 aromatic carbocycles. The second kappa shape index (κ2) is 8.78. The van der Waals surface area contributed by atoms with E-state index >= 15 is 0 Å². The number of aryl methyl sites for hydroxylation is 2. The first-order valence-electron chi connectivity index (χ1n) is 9.09. The van der Waals surface area contributed by atoms with Crippen LogP contribution < -0.4 is 10.1 Å². The highest BCUT2D eigenvalue weighted by Gasteiger charge is 2.19. The maximum atomic E-state index is 6.44. The minimum Gasteiger partial charge on any atom is -0.490 e. The zero-order valence-electron chi connectivity index (χ0n) is 15.6. The Morgan fingerprint density at radius 3 is 3.00 bits per heavy atom. The number of unbranched alkanes of at least 4 members (excludes halogenated alkanes) is 1. The van der Waals surface area contributed by atoms with Gasteiger partial charge in [0, 0.05) is 7.05 Å². The number of fused-ring (bicyclic) bond motifs is 1. The maximum absolute atomic E-state index is 6.44. The van der Waals surface area contributed by atoms with Gasteiger partial charge in [0.05, 0.1) is 23.8 Å². The van der Waals surface area contributed by atoms with E-state index in [0.29, 0.717) is 18.2 Å². The van der Waals surface area contributed by atoms with Gasteiger partial charge in [-0.3, -0.25) is 4.99 Å². The maximum Gasteiger partial charge on any atom is 0.140 e. The van der Waals surface area contributed by atoms with Crippen LogP contribution in [0.5, 0.6) is 5.75 Å². The fourth-order valence-corrected chi connectivity index (χ4v) is 4.23. The molecule has 26 heavy (non-hydrogen) atoms. The summed E-state index contributed by atoms with van der Waals surface area (Å²) in [5.74, 6) is 1.79. The Morgan fingerprint density at radius 1 is 1.38 bits per heavy atom. The fraction of sp³-hybridized carbons (Fsp3) is 0.450. The summed E-state index contributed by atoms with van der Waals surface area (Å²) in [6.45, 7) is 6.14. The average molecular weight is 392 g/mol. The number of nitrogens with one attached hydrogen (secondary N) is 1.